The second-order valence-electron chi connectivity index (χ2n) is 2.28. The Kier molecular flexibility index (Phi) is 2.75. The number of aromatic nitrogens is 2. The Balaban J connectivity index is 2.89. The predicted molar refractivity (Wildman–Crippen MR) is 48.8 cm³/mol. The van der Waals surface area contributed by atoms with Crippen LogP contribution >= 0.6 is 15.9 Å². The van der Waals surface area contributed by atoms with Crippen molar-refractivity contribution in [2.45, 2.75) is 6.92 Å². The molecule has 0 fully saturated rings. The van der Waals surface area contributed by atoms with Gasteiger partial charge in [-0.3, -0.25) is 9.69 Å². The van der Waals surface area contributed by atoms with Gasteiger partial charge >= 0.3 is 0 Å². The van der Waals surface area contributed by atoms with Crippen molar-refractivity contribution in [3.63, 3.8) is 0 Å². The molecule has 0 saturated heterocycles. The van der Waals surface area contributed by atoms with Gasteiger partial charge in [0.05, 0.1) is 4.47 Å². The van der Waals surface area contributed by atoms with Gasteiger partial charge in [0.2, 0.25) is 11.9 Å². The van der Waals surface area contributed by atoms with Gasteiger partial charge < -0.3 is 0 Å². The molecule has 0 aromatic carbocycles. The second-order valence-corrected chi connectivity index (χ2v) is 3.19. The topological polar surface area (TPSA) is 46.1 Å². The number of nitrogens with zero attached hydrogens (tertiary/aromatic N) is 3. The molecule has 12 heavy (non-hydrogen) atoms. The highest BCUT2D eigenvalue weighted by Gasteiger charge is 2.06. The van der Waals surface area contributed by atoms with E-state index in [9.17, 15) is 4.79 Å². The van der Waals surface area contributed by atoms with Crippen LogP contribution in [-0.2, 0) is 4.79 Å². The zero-order chi connectivity index (χ0) is 9.14. The average Bonchev–Trinajstić information content (AvgIpc) is 2.04. The Hall–Kier alpha value is -0.970. The molecule has 1 amide bonds. The summed E-state index contributed by atoms with van der Waals surface area (Å²) in [5.41, 5.74) is 0. The van der Waals surface area contributed by atoms with Crippen molar-refractivity contribution in [3.05, 3.63) is 16.9 Å². The van der Waals surface area contributed by atoms with E-state index in [-0.39, 0.29) is 5.91 Å². The van der Waals surface area contributed by atoms with E-state index in [1.54, 1.807) is 19.4 Å². The van der Waals surface area contributed by atoms with Crippen molar-refractivity contribution < 1.29 is 4.79 Å². The molecular weight excluding hydrogens is 222 g/mol. The van der Waals surface area contributed by atoms with Crippen LogP contribution in [0.3, 0.4) is 0 Å². The van der Waals surface area contributed by atoms with Crippen LogP contribution in [0.5, 0.6) is 0 Å². The number of carbonyl (C=O) groups excluding carboxylic acids is 1. The molecule has 1 rings (SSSR count). The van der Waals surface area contributed by atoms with E-state index in [1.807, 2.05) is 0 Å². The van der Waals surface area contributed by atoms with Gasteiger partial charge in [-0.25, -0.2) is 9.97 Å². The molecule has 1 aromatic heterocycles. The molecule has 0 atom stereocenters. The number of amides is 1. The summed E-state index contributed by atoms with van der Waals surface area (Å²) >= 11 is 3.20. The van der Waals surface area contributed by atoms with E-state index in [1.165, 1.54) is 11.8 Å². The van der Waals surface area contributed by atoms with Gasteiger partial charge in [0.25, 0.3) is 0 Å². The molecule has 0 unspecified atom stereocenters. The van der Waals surface area contributed by atoms with Crippen LogP contribution in [0.15, 0.2) is 16.9 Å². The number of hydrogen-bond acceptors (Lipinski definition) is 3. The molecule has 4 nitrogen and oxygen atoms in total. The Morgan fingerprint density at radius 3 is 2.42 bits per heavy atom. The zero-order valence-corrected chi connectivity index (χ0v) is 8.37. The van der Waals surface area contributed by atoms with Crippen LogP contribution in [0.4, 0.5) is 5.95 Å². The van der Waals surface area contributed by atoms with E-state index in [0.29, 0.717) is 5.95 Å². The molecule has 1 aromatic rings. The lowest BCUT2D eigenvalue weighted by molar-refractivity contribution is -0.116. The molecule has 1 heterocycles. The predicted octanol–water partition coefficient (Wildman–Crippen LogP) is 1.22. The highest BCUT2D eigenvalue weighted by atomic mass is 79.9. The maximum absolute atomic E-state index is 10.9. The monoisotopic (exact) mass is 229 g/mol. The highest BCUT2D eigenvalue weighted by molar-refractivity contribution is 9.10. The normalized spacial score (nSPS) is 9.58. The third-order valence-electron chi connectivity index (χ3n) is 1.38. The SMILES string of the molecule is CC(=O)N(C)c1ncc(Br)cn1. The largest absolute Gasteiger partial charge is 0.284 e. The molecule has 5 heteroatoms. The Morgan fingerprint density at radius 1 is 1.50 bits per heavy atom. The third-order valence-corrected chi connectivity index (χ3v) is 1.79. The molecule has 0 saturated carbocycles. The minimum atomic E-state index is -0.0858. The Bertz CT molecular complexity index is 285. The van der Waals surface area contributed by atoms with Gasteiger partial charge in [-0.05, 0) is 15.9 Å². The first-order chi connectivity index (χ1) is 5.61. The summed E-state index contributed by atoms with van der Waals surface area (Å²) in [5, 5.41) is 0. The molecule has 64 valence electrons. The quantitative estimate of drug-likeness (QED) is 0.728. The van der Waals surface area contributed by atoms with Gasteiger partial charge in [0.15, 0.2) is 0 Å². The lowest BCUT2D eigenvalue weighted by atomic mass is 10.6. The number of halogens is 1. The van der Waals surface area contributed by atoms with E-state index in [0.717, 1.165) is 4.47 Å². The van der Waals surface area contributed by atoms with Crippen molar-refractivity contribution in [2.24, 2.45) is 0 Å². The number of hydrogen-bond donors (Lipinski definition) is 0. The molecule has 0 N–H and O–H groups in total. The lowest BCUT2D eigenvalue weighted by Crippen LogP contribution is -2.24. The van der Waals surface area contributed by atoms with Crippen molar-refractivity contribution in [1.29, 1.82) is 0 Å². The summed E-state index contributed by atoms with van der Waals surface area (Å²) in [6, 6.07) is 0. The fourth-order valence-electron chi connectivity index (χ4n) is 0.619. The fraction of sp³-hybridized carbons (Fsp3) is 0.286. The molecule has 0 aliphatic heterocycles. The zero-order valence-electron chi connectivity index (χ0n) is 6.78. The van der Waals surface area contributed by atoms with Crippen molar-refractivity contribution in [2.75, 3.05) is 11.9 Å². The molecule has 0 radical (unpaired) electrons. The standard InChI is InChI=1S/C7H8BrN3O/c1-5(12)11(2)7-9-3-6(8)4-10-7/h3-4H,1-2H3. The molecular formula is C7H8BrN3O. The summed E-state index contributed by atoms with van der Waals surface area (Å²) in [7, 11) is 1.63. The lowest BCUT2D eigenvalue weighted by Gasteiger charge is -2.11. The first-order valence-corrected chi connectivity index (χ1v) is 4.12. The first kappa shape index (κ1) is 9.12. The van der Waals surface area contributed by atoms with Crippen molar-refractivity contribution in [1.82, 2.24) is 9.97 Å². The molecule has 0 aliphatic carbocycles. The van der Waals surface area contributed by atoms with Crippen molar-refractivity contribution >= 4 is 27.8 Å². The number of carbonyl (C=O) groups is 1. The first-order valence-electron chi connectivity index (χ1n) is 3.33. The van der Waals surface area contributed by atoms with E-state index >= 15 is 0 Å². The average molecular weight is 230 g/mol. The van der Waals surface area contributed by atoms with Crippen LogP contribution in [0, 0.1) is 0 Å². The van der Waals surface area contributed by atoms with Crippen molar-refractivity contribution in [3.8, 4) is 0 Å². The Morgan fingerprint density at radius 2 is 2.00 bits per heavy atom. The summed E-state index contributed by atoms with van der Waals surface area (Å²) in [6.45, 7) is 1.46. The summed E-state index contributed by atoms with van der Waals surface area (Å²) in [4.78, 5) is 20.1. The smallest absolute Gasteiger partial charge is 0.231 e. The third kappa shape index (κ3) is 2.01. The number of rotatable bonds is 1. The minimum Gasteiger partial charge on any atom is -0.284 e. The van der Waals surface area contributed by atoms with Gasteiger partial charge in [0.1, 0.15) is 0 Å². The summed E-state index contributed by atoms with van der Waals surface area (Å²) < 4.78 is 0.795. The second kappa shape index (κ2) is 3.62. The van der Waals surface area contributed by atoms with Crippen LogP contribution < -0.4 is 4.90 Å². The van der Waals surface area contributed by atoms with E-state index in [4.69, 9.17) is 0 Å². The van der Waals surface area contributed by atoms with Gasteiger partial charge in [-0.15, -0.1) is 0 Å². The maximum Gasteiger partial charge on any atom is 0.231 e. The minimum absolute atomic E-state index is 0.0858. The number of anilines is 1. The van der Waals surface area contributed by atoms with Crippen LogP contribution in [-0.4, -0.2) is 22.9 Å². The Labute approximate surface area is 78.8 Å². The summed E-state index contributed by atoms with van der Waals surface area (Å²) in [6.07, 6.45) is 3.20. The molecule has 0 bridgehead atoms. The van der Waals surface area contributed by atoms with Gasteiger partial charge in [-0.1, -0.05) is 0 Å². The summed E-state index contributed by atoms with van der Waals surface area (Å²) in [5.74, 6) is 0.322. The fourth-order valence-corrected chi connectivity index (χ4v) is 0.824. The van der Waals surface area contributed by atoms with Crippen LogP contribution in [0.2, 0.25) is 0 Å². The van der Waals surface area contributed by atoms with E-state index < -0.39 is 0 Å². The van der Waals surface area contributed by atoms with Crippen LogP contribution in [0.1, 0.15) is 6.92 Å². The van der Waals surface area contributed by atoms with Gasteiger partial charge in [-0.2, -0.15) is 0 Å². The van der Waals surface area contributed by atoms with Gasteiger partial charge in [0, 0.05) is 26.4 Å². The molecule has 0 aliphatic rings. The van der Waals surface area contributed by atoms with Crippen LogP contribution in [0.25, 0.3) is 0 Å². The highest BCUT2D eigenvalue weighted by Crippen LogP contribution is 2.09. The van der Waals surface area contributed by atoms with E-state index in [2.05, 4.69) is 25.9 Å². The molecule has 0 spiro atoms. The maximum atomic E-state index is 10.9.